The number of nitrogens with one attached hydrogen (secondary N) is 1. The van der Waals surface area contributed by atoms with E-state index in [-0.39, 0.29) is 5.57 Å². The number of hydrogen-bond acceptors (Lipinski definition) is 5. The minimum Gasteiger partial charge on any atom is -0.448 e. The molecular weight excluding hydrogens is 370 g/mol. The number of nitriles is 1. The highest BCUT2D eigenvalue weighted by atomic mass is 16.5. The molecule has 1 aromatic heterocycles. The highest BCUT2D eigenvalue weighted by molar-refractivity contribution is 6.01. The number of methoxy groups -OCH3 is 1. The fraction of sp³-hybridized carbons (Fsp3) is 0.318. The molecule has 0 unspecified atom stereocenters. The summed E-state index contributed by atoms with van der Waals surface area (Å²) in [5.41, 5.74) is 3.08. The zero-order chi connectivity index (χ0) is 21.4. The summed E-state index contributed by atoms with van der Waals surface area (Å²) < 4.78 is 12.3. The summed E-state index contributed by atoms with van der Waals surface area (Å²) in [6.45, 7) is 6.54. The second-order valence-electron chi connectivity index (χ2n) is 6.54. The maximum atomic E-state index is 12.4. The average Bonchev–Trinajstić information content (AvgIpc) is 2.97. The molecule has 29 heavy (non-hydrogen) atoms. The Kier molecular flexibility index (Phi) is 7.75. The van der Waals surface area contributed by atoms with Crippen molar-refractivity contribution in [1.29, 1.82) is 5.26 Å². The molecule has 2 rings (SSSR count). The van der Waals surface area contributed by atoms with Gasteiger partial charge in [-0.1, -0.05) is 18.2 Å². The minimum absolute atomic E-state index is 0.170. The molecule has 1 N–H and O–H groups in total. The number of carbonyl (C=O) groups excluding carboxylic acids is 2. The van der Waals surface area contributed by atoms with Crippen molar-refractivity contribution in [3.05, 3.63) is 58.9 Å². The summed E-state index contributed by atoms with van der Waals surface area (Å²) >= 11 is 0. The van der Waals surface area contributed by atoms with Crippen LogP contribution < -0.4 is 5.32 Å². The predicted octanol–water partition coefficient (Wildman–Crippen LogP) is 3.23. The Labute approximate surface area is 170 Å². The van der Waals surface area contributed by atoms with Crippen LogP contribution in [0.25, 0.3) is 6.08 Å². The lowest BCUT2D eigenvalue weighted by molar-refractivity contribution is -0.148. The van der Waals surface area contributed by atoms with Crippen LogP contribution in [0.3, 0.4) is 0 Å². The molecule has 1 heterocycles. The second kappa shape index (κ2) is 10.2. The topological polar surface area (TPSA) is 93.3 Å². The first-order chi connectivity index (χ1) is 13.9. The van der Waals surface area contributed by atoms with Crippen LogP contribution in [-0.4, -0.2) is 36.3 Å². The molecule has 0 saturated carbocycles. The van der Waals surface area contributed by atoms with E-state index in [9.17, 15) is 14.9 Å². The second-order valence-corrected chi connectivity index (χ2v) is 6.54. The lowest BCUT2D eigenvalue weighted by Gasteiger charge is -2.13. The van der Waals surface area contributed by atoms with Gasteiger partial charge in [0.05, 0.1) is 6.61 Å². The van der Waals surface area contributed by atoms with Crippen LogP contribution in [0.1, 0.15) is 23.9 Å². The van der Waals surface area contributed by atoms with E-state index in [4.69, 9.17) is 9.47 Å². The van der Waals surface area contributed by atoms with Gasteiger partial charge in [-0.15, -0.1) is 0 Å². The predicted molar refractivity (Wildman–Crippen MR) is 110 cm³/mol. The van der Waals surface area contributed by atoms with Gasteiger partial charge in [0.15, 0.2) is 6.10 Å². The molecule has 0 saturated heterocycles. The molecule has 152 valence electrons. The summed E-state index contributed by atoms with van der Waals surface area (Å²) in [6, 6.07) is 12.6. The quantitative estimate of drug-likeness (QED) is 0.421. The van der Waals surface area contributed by atoms with Crippen LogP contribution in [-0.2, 0) is 25.6 Å². The number of rotatable bonds is 8. The van der Waals surface area contributed by atoms with Crippen molar-refractivity contribution in [3.63, 3.8) is 0 Å². The van der Waals surface area contributed by atoms with Gasteiger partial charge in [0, 0.05) is 30.7 Å². The first-order valence-electron chi connectivity index (χ1n) is 9.21. The van der Waals surface area contributed by atoms with Gasteiger partial charge < -0.3 is 19.4 Å². The summed E-state index contributed by atoms with van der Waals surface area (Å²) in [7, 11) is 1.63. The molecule has 0 aliphatic carbocycles. The van der Waals surface area contributed by atoms with Gasteiger partial charge in [0.25, 0.3) is 5.91 Å². The third kappa shape index (κ3) is 5.80. The number of carbonyl (C=O) groups is 2. The molecule has 7 heteroatoms. The summed E-state index contributed by atoms with van der Waals surface area (Å²) in [4.78, 5) is 24.6. The van der Waals surface area contributed by atoms with Crippen molar-refractivity contribution in [2.24, 2.45) is 0 Å². The van der Waals surface area contributed by atoms with Gasteiger partial charge in [0.1, 0.15) is 11.6 Å². The van der Waals surface area contributed by atoms with Crippen molar-refractivity contribution in [1.82, 2.24) is 4.57 Å². The first kappa shape index (κ1) is 21.9. The molecule has 2 aromatic rings. The van der Waals surface area contributed by atoms with Gasteiger partial charge in [0.2, 0.25) is 0 Å². The number of hydrogen-bond donors (Lipinski definition) is 1. The molecule has 0 fully saturated rings. The average molecular weight is 395 g/mol. The number of aromatic nitrogens is 1. The van der Waals surface area contributed by atoms with Crippen LogP contribution in [0, 0.1) is 25.2 Å². The Balaban J connectivity index is 2.10. The molecule has 7 nitrogen and oxygen atoms in total. The van der Waals surface area contributed by atoms with E-state index < -0.39 is 18.0 Å². The van der Waals surface area contributed by atoms with Crippen molar-refractivity contribution in [2.45, 2.75) is 33.4 Å². The normalized spacial score (nSPS) is 12.2. The van der Waals surface area contributed by atoms with E-state index in [1.807, 2.05) is 36.6 Å². The van der Waals surface area contributed by atoms with E-state index in [2.05, 4.69) is 5.32 Å². The third-order valence-electron chi connectivity index (χ3n) is 4.47. The standard InChI is InChI=1S/C22H25N3O4/c1-15-12-18(16(2)25(15)10-11-28-4)13-19(14-23)22(27)29-17(3)21(26)24-20-8-6-5-7-9-20/h5-9,12-13,17H,10-11H2,1-4H3,(H,24,26)/b19-13+/t17-/m1/s1. The maximum Gasteiger partial charge on any atom is 0.349 e. The third-order valence-corrected chi connectivity index (χ3v) is 4.47. The molecular formula is C22H25N3O4. The van der Waals surface area contributed by atoms with Crippen molar-refractivity contribution in [3.8, 4) is 6.07 Å². The van der Waals surface area contributed by atoms with E-state index >= 15 is 0 Å². The fourth-order valence-electron chi connectivity index (χ4n) is 2.84. The fourth-order valence-corrected chi connectivity index (χ4v) is 2.84. The highest BCUT2D eigenvalue weighted by Gasteiger charge is 2.21. The zero-order valence-corrected chi connectivity index (χ0v) is 17.1. The Hall–Kier alpha value is -3.37. The van der Waals surface area contributed by atoms with Crippen molar-refractivity contribution in [2.75, 3.05) is 19.0 Å². The van der Waals surface area contributed by atoms with Gasteiger partial charge in [-0.2, -0.15) is 5.26 Å². The largest absolute Gasteiger partial charge is 0.448 e. The summed E-state index contributed by atoms with van der Waals surface area (Å²) in [6.07, 6.45) is 0.434. The lowest BCUT2D eigenvalue weighted by atomic mass is 10.1. The molecule has 0 radical (unpaired) electrons. The molecule has 0 spiro atoms. The van der Waals surface area contributed by atoms with E-state index in [0.717, 1.165) is 17.0 Å². The Morgan fingerprint density at radius 1 is 1.28 bits per heavy atom. The number of ether oxygens (including phenoxy) is 2. The number of anilines is 1. The SMILES string of the molecule is COCCn1c(C)cc(/C=C(\C#N)C(=O)O[C@H](C)C(=O)Nc2ccccc2)c1C. The van der Waals surface area contributed by atoms with Crippen LogP contribution in [0.4, 0.5) is 5.69 Å². The zero-order valence-electron chi connectivity index (χ0n) is 17.1. The number of aryl methyl sites for hydroxylation is 1. The van der Waals surface area contributed by atoms with E-state index in [0.29, 0.717) is 18.8 Å². The Bertz CT molecular complexity index is 939. The summed E-state index contributed by atoms with van der Waals surface area (Å²) in [5, 5.41) is 12.1. The van der Waals surface area contributed by atoms with Gasteiger partial charge in [-0.3, -0.25) is 4.79 Å². The first-order valence-corrected chi connectivity index (χ1v) is 9.21. The smallest absolute Gasteiger partial charge is 0.349 e. The number of benzene rings is 1. The minimum atomic E-state index is -1.05. The lowest BCUT2D eigenvalue weighted by Crippen LogP contribution is -2.30. The van der Waals surface area contributed by atoms with Crippen LogP contribution in [0.15, 0.2) is 42.0 Å². The monoisotopic (exact) mass is 395 g/mol. The van der Waals surface area contributed by atoms with Crippen LogP contribution >= 0.6 is 0 Å². The summed E-state index contributed by atoms with van der Waals surface area (Å²) in [5.74, 6) is -1.32. The van der Waals surface area contributed by atoms with E-state index in [1.54, 1.807) is 31.4 Å². The van der Waals surface area contributed by atoms with Gasteiger partial charge in [-0.05, 0) is 50.6 Å². The Morgan fingerprint density at radius 3 is 2.59 bits per heavy atom. The Morgan fingerprint density at radius 2 is 1.97 bits per heavy atom. The molecule has 0 aliphatic rings. The molecule has 1 atom stereocenters. The highest BCUT2D eigenvalue weighted by Crippen LogP contribution is 2.19. The van der Waals surface area contributed by atoms with Crippen LogP contribution in [0.5, 0.6) is 0 Å². The molecule has 1 amide bonds. The number of nitrogens with zero attached hydrogens (tertiary/aromatic N) is 2. The number of esters is 1. The number of amides is 1. The van der Waals surface area contributed by atoms with Crippen LogP contribution in [0.2, 0.25) is 0 Å². The molecule has 1 aromatic carbocycles. The van der Waals surface area contributed by atoms with Gasteiger partial charge in [-0.25, -0.2) is 4.79 Å². The van der Waals surface area contributed by atoms with Crippen molar-refractivity contribution >= 4 is 23.6 Å². The molecule has 0 aliphatic heterocycles. The van der Waals surface area contributed by atoms with Crippen molar-refractivity contribution < 1.29 is 19.1 Å². The number of para-hydroxylation sites is 1. The maximum absolute atomic E-state index is 12.4. The molecule has 0 bridgehead atoms. The van der Waals surface area contributed by atoms with Gasteiger partial charge >= 0.3 is 5.97 Å². The van der Waals surface area contributed by atoms with E-state index in [1.165, 1.54) is 13.0 Å².